The van der Waals surface area contributed by atoms with Crippen LogP contribution in [-0.2, 0) is 15.7 Å². The maximum absolute atomic E-state index is 12.7. The summed E-state index contributed by atoms with van der Waals surface area (Å²) >= 11 is 0. The first-order valence-corrected chi connectivity index (χ1v) is 7.55. The molecule has 1 heterocycles. The third-order valence-electron chi connectivity index (χ3n) is 3.49. The minimum Gasteiger partial charge on any atom is -0.456 e. The van der Waals surface area contributed by atoms with Gasteiger partial charge in [-0.25, -0.2) is 4.79 Å². The van der Waals surface area contributed by atoms with Gasteiger partial charge in [-0.05, 0) is 31.2 Å². The van der Waals surface area contributed by atoms with E-state index >= 15 is 0 Å². The average Bonchev–Trinajstić information content (AvgIpc) is 3.13. The Bertz CT molecular complexity index is 849. The number of halogens is 3. The van der Waals surface area contributed by atoms with Gasteiger partial charge in [-0.3, -0.25) is 14.9 Å². The van der Waals surface area contributed by atoms with Crippen LogP contribution >= 0.6 is 0 Å². The smallest absolute Gasteiger partial charge is 0.416 e. The minimum absolute atomic E-state index is 0.238. The molecule has 0 saturated carbocycles. The van der Waals surface area contributed by atoms with Crippen LogP contribution in [0.3, 0.4) is 0 Å². The zero-order chi connectivity index (χ0) is 20.2. The number of hydrogen-bond donors (Lipinski definition) is 2. The van der Waals surface area contributed by atoms with Crippen LogP contribution in [0.4, 0.5) is 24.5 Å². The summed E-state index contributed by atoms with van der Waals surface area (Å²) in [5.74, 6) is -1.38. The van der Waals surface area contributed by atoms with Gasteiger partial charge in [-0.2, -0.15) is 13.2 Å². The number of ether oxygens (including phenoxy) is 1. The fourth-order valence-corrected chi connectivity index (χ4v) is 2.12. The monoisotopic (exact) mass is 385 g/mol. The number of aromatic nitrogens is 1. The van der Waals surface area contributed by atoms with Gasteiger partial charge in [0.25, 0.3) is 5.69 Å². The Morgan fingerprint density at radius 3 is 2.59 bits per heavy atom. The lowest BCUT2D eigenvalue weighted by atomic mass is 10.1. The first kappa shape index (κ1) is 19.9. The number of carbonyl (C=O) groups excluding carboxylic acids is 2. The van der Waals surface area contributed by atoms with Gasteiger partial charge in [0.15, 0.2) is 6.61 Å². The molecule has 144 valence electrons. The van der Waals surface area contributed by atoms with Crippen LogP contribution in [0, 0.1) is 10.1 Å². The summed E-state index contributed by atoms with van der Waals surface area (Å²) in [4.78, 5) is 36.4. The number of carbonyl (C=O) groups is 2. The minimum atomic E-state index is -4.74. The molecule has 0 aliphatic carbocycles. The Labute approximate surface area is 150 Å². The highest BCUT2D eigenvalue weighted by atomic mass is 19.4. The van der Waals surface area contributed by atoms with Crippen LogP contribution in [0.2, 0.25) is 0 Å². The summed E-state index contributed by atoms with van der Waals surface area (Å²) in [6.45, 7) is 0.739. The van der Waals surface area contributed by atoms with E-state index in [4.69, 9.17) is 4.74 Å². The molecule has 11 heteroatoms. The van der Waals surface area contributed by atoms with E-state index in [0.717, 1.165) is 6.07 Å². The Kier molecular flexibility index (Phi) is 5.83. The van der Waals surface area contributed by atoms with Crippen LogP contribution in [0.1, 0.15) is 23.0 Å². The second-order valence-corrected chi connectivity index (χ2v) is 5.47. The van der Waals surface area contributed by atoms with Crippen molar-refractivity contribution in [3.8, 4) is 0 Å². The standard InChI is InChI=1S/C16H14F3N3O5/c1-9(15(24)27-8-14(23)12-3-2-6-20-12)21-11-5-4-10(16(17,18)19)7-13(11)22(25)26/h2-7,9,20-21H,8H2,1H3/t9-/m1/s1. The van der Waals surface area contributed by atoms with Crippen molar-refractivity contribution in [3.05, 3.63) is 57.9 Å². The number of esters is 1. The quantitative estimate of drug-likeness (QED) is 0.327. The average molecular weight is 385 g/mol. The van der Waals surface area contributed by atoms with E-state index < -0.39 is 46.8 Å². The van der Waals surface area contributed by atoms with E-state index in [1.165, 1.54) is 19.2 Å². The SMILES string of the molecule is C[C@@H](Nc1ccc(C(F)(F)F)cc1[N+](=O)[O-])C(=O)OCC(=O)c1ccc[nH]1. The predicted molar refractivity (Wildman–Crippen MR) is 87.3 cm³/mol. The van der Waals surface area contributed by atoms with Gasteiger partial charge >= 0.3 is 12.1 Å². The molecule has 0 aliphatic rings. The summed E-state index contributed by atoms with van der Waals surface area (Å²) in [5.41, 5.74) is -2.08. The zero-order valence-electron chi connectivity index (χ0n) is 13.9. The fourth-order valence-electron chi connectivity index (χ4n) is 2.12. The molecule has 2 N–H and O–H groups in total. The molecule has 0 unspecified atom stereocenters. The number of Topliss-reactive ketones (excluding diaryl/α,β-unsaturated/α-hetero) is 1. The number of H-pyrrole nitrogens is 1. The van der Waals surface area contributed by atoms with Crippen LogP contribution in [0.5, 0.6) is 0 Å². The molecular formula is C16H14F3N3O5. The number of aromatic amines is 1. The van der Waals surface area contributed by atoms with Crippen molar-refractivity contribution in [2.45, 2.75) is 19.1 Å². The van der Waals surface area contributed by atoms with Gasteiger partial charge < -0.3 is 15.0 Å². The number of nitrogens with one attached hydrogen (secondary N) is 2. The number of rotatable bonds is 7. The molecule has 0 amide bonds. The highest BCUT2D eigenvalue weighted by Crippen LogP contribution is 2.35. The lowest BCUT2D eigenvalue weighted by Crippen LogP contribution is -2.30. The third-order valence-corrected chi connectivity index (χ3v) is 3.49. The maximum Gasteiger partial charge on any atom is 0.416 e. The molecule has 1 aromatic heterocycles. The maximum atomic E-state index is 12.7. The number of nitrogens with zero attached hydrogens (tertiary/aromatic N) is 1. The molecular weight excluding hydrogens is 371 g/mol. The Morgan fingerprint density at radius 2 is 2.04 bits per heavy atom. The molecule has 2 aromatic rings. The van der Waals surface area contributed by atoms with Crippen LogP contribution < -0.4 is 5.32 Å². The van der Waals surface area contributed by atoms with Crippen molar-refractivity contribution in [1.82, 2.24) is 4.98 Å². The Balaban J connectivity index is 2.05. The van der Waals surface area contributed by atoms with Crippen molar-refractivity contribution < 1.29 is 32.4 Å². The molecule has 0 aliphatic heterocycles. The van der Waals surface area contributed by atoms with E-state index in [2.05, 4.69) is 10.3 Å². The number of nitro groups is 1. The normalized spacial score (nSPS) is 12.3. The summed E-state index contributed by atoms with van der Waals surface area (Å²) < 4.78 is 42.9. The first-order valence-electron chi connectivity index (χ1n) is 7.55. The lowest BCUT2D eigenvalue weighted by molar-refractivity contribution is -0.384. The molecule has 0 fully saturated rings. The van der Waals surface area contributed by atoms with E-state index in [0.29, 0.717) is 12.1 Å². The largest absolute Gasteiger partial charge is 0.456 e. The van der Waals surface area contributed by atoms with E-state index in [-0.39, 0.29) is 11.4 Å². The molecule has 0 saturated heterocycles. The Hall–Kier alpha value is -3.37. The summed E-state index contributed by atoms with van der Waals surface area (Å²) in [5, 5.41) is 13.5. The second kappa shape index (κ2) is 7.89. The molecule has 1 aromatic carbocycles. The van der Waals surface area contributed by atoms with E-state index in [1.807, 2.05) is 0 Å². The number of anilines is 1. The highest BCUT2D eigenvalue weighted by Gasteiger charge is 2.33. The lowest BCUT2D eigenvalue weighted by Gasteiger charge is -2.15. The number of ketones is 1. The second-order valence-electron chi connectivity index (χ2n) is 5.47. The summed E-state index contributed by atoms with van der Waals surface area (Å²) in [6, 6.07) is 3.82. The highest BCUT2D eigenvalue weighted by molar-refractivity contribution is 5.96. The van der Waals surface area contributed by atoms with Crippen LogP contribution in [0.25, 0.3) is 0 Å². The van der Waals surface area contributed by atoms with E-state index in [1.54, 1.807) is 6.07 Å². The number of hydrogen-bond acceptors (Lipinski definition) is 6. The fraction of sp³-hybridized carbons (Fsp3) is 0.250. The molecule has 2 rings (SSSR count). The molecule has 27 heavy (non-hydrogen) atoms. The van der Waals surface area contributed by atoms with Crippen molar-refractivity contribution in [3.63, 3.8) is 0 Å². The Morgan fingerprint density at radius 1 is 1.33 bits per heavy atom. The molecule has 1 atom stereocenters. The van der Waals surface area contributed by atoms with Crippen molar-refractivity contribution in [2.75, 3.05) is 11.9 Å². The first-order chi connectivity index (χ1) is 12.6. The van der Waals surface area contributed by atoms with Crippen LogP contribution in [0.15, 0.2) is 36.5 Å². The van der Waals surface area contributed by atoms with Crippen molar-refractivity contribution in [1.29, 1.82) is 0 Å². The molecule has 0 bridgehead atoms. The van der Waals surface area contributed by atoms with Gasteiger partial charge in [-0.15, -0.1) is 0 Å². The van der Waals surface area contributed by atoms with Gasteiger partial charge in [0.05, 0.1) is 16.2 Å². The number of benzene rings is 1. The van der Waals surface area contributed by atoms with Crippen molar-refractivity contribution >= 4 is 23.1 Å². The van der Waals surface area contributed by atoms with Crippen molar-refractivity contribution in [2.24, 2.45) is 0 Å². The van der Waals surface area contributed by atoms with Gasteiger partial charge in [0.2, 0.25) is 5.78 Å². The molecule has 0 spiro atoms. The van der Waals surface area contributed by atoms with Gasteiger partial charge in [0.1, 0.15) is 11.7 Å². The third kappa shape index (κ3) is 5.06. The van der Waals surface area contributed by atoms with Gasteiger partial charge in [-0.1, -0.05) is 0 Å². The summed E-state index contributed by atoms with van der Waals surface area (Å²) in [7, 11) is 0. The summed E-state index contributed by atoms with van der Waals surface area (Å²) in [6.07, 6.45) is -3.23. The molecule has 0 radical (unpaired) electrons. The van der Waals surface area contributed by atoms with Gasteiger partial charge in [0, 0.05) is 12.3 Å². The molecule has 8 nitrogen and oxygen atoms in total. The zero-order valence-corrected chi connectivity index (χ0v) is 13.9. The topological polar surface area (TPSA) is 114 Å². The van der Waals surface area contributed by atoms with Crippen LogP contribution in [-0.4, -0.2) is 34.3 Å². The number of nitro benzene ring substituents is 1. The number of alkyl halides is 3. The predicted octanol–water partition coefficient (Wildman–Crippen LogP) is 3.17. The van der Waals surface area contributed by atoms with E-state index in [9.17, 15) is 32.9 Å².